The van der Waals surface area contributed by atoms with Crippen LogP contribution in [0, 0.1) is 0 Å². The van der Waals surface area contributed by atoms with Crippen LogP contribution < -0.4 is 5.32 Å². The van der Waals surface area contributed by atoms with E-state index in [0.29, 0.717) is 12.1 Å². The number of rotatable bonds is 5. The molecule has 1 aromatic rings. The number of benzene rings is 1. The Labute approximate surface area is 97.6 Å². The Bertz CT molecular complexity index is 328. The van der Waals surface area contributed by atoms with Crippen molar-refractivity contribution in [2.45, 2.75) is 19.3 Å². The van der Waals surface area contributed by atoms with Gasteiger partial charge in [-0.1, -0.05) is 22.0 Å². The van der Waals surface area contributed by atoms with Crippen molar-refractivity contribution in [1.29, 1.82) is 0 Å². The molecule has 3 nitrogen and oxygen atoms in total. The average molecular weight is 272 g/mol. The molecule has 0 saturated heterocycles. The molecule has 0 atom stereocenters. The van der Waals surface area contributed by atoms with Crippen LogP contribution in [0.2, 0.25) is 0 Å². The van der Waals surface area contributed by atoms with Gasteiger partial charge in [-0.3, -0.25) is 4.79 Å². The molecule has 0 radical (unpaired) electrons. The molecule has 4 heteroatoms. The standard InChI is InChI=1S/C11H14BrNO2/c12-7-2-1-6-11(15)13-9-4-3-5-10(14)8-9/h3-5,8,14H,1-2,6-7H2,(H,13,15). The van der Waals surface area contributed by atoms with Crippen LogP contribution in [0.5, 0.6) is 5.75 Å². The SMILES string of the molecule is O=C(CCCCBr)Nc1cccc(O)c1. The first-order valence-corrected chi connectivity index (χ1v) is 5.99. The largest absolute Gasteiger partial charge is 0.508 e. The Balaban J connectivity index is 2.37. The van der Waals surface area contributed by atoms with Crippen LogP contribution in [0.3, 0.4) is 0 Å². The molecule has 0 bridgehead atoms. The van der Waals surface area contributed by atoms with Gasteiger partial charge in [-0.15, -0.1) is 0 Å². The van der Waals surface area contributed by atoms with Gasteiger partial charge in [0.25, 0.3) is 0 Å². The molecule has 0 spiro atoms. The van der Waals surface area contributed by atoms with Crippen molar-refractivity contribution in [3.05, 3.63) is 24.3 Å². The predicted octanol–water partition coefficient (Wildman–Crippen LogP) is 2.90. The van der Waals surface area contributed by atoms with Crippen LogP contribution in [-0.4, -0.2) is 16.3 Å². The van der Waals surface area contributed by atoms with Crippen LogP contribution >= 0.6 is 15.9 Å². The van der Waals surface area contributed by atoms with E-state index in [1.165, 1.54) is 6.07 Å². The number of carbonyl (C=O) groups excluding carboxylic acids is 1. The molecule has 0 aliphatic carbocycles. The van der Waals surface area contributed by atoms with Crippen molar-refractivity contribution >= 4 is 27.5 Å². The topological polar surface area (TPSA) is 49.3 Å². The zero-order valence-corrected chi connectivity index (χ0v) is 9.96. The second-order valence-electron chi connectivity index (χ2n) is 3.24. The lowest BCUT2D eigenvalue weighted by Crippen LogP contribution is -2.10. The first-order chi connectivity index (χ1) is 7.22. The second kappa shape index (κ2) is 6.45. The minimum Gasteiger partial charge on any atom is -0.508 e. The number of anilines is 1. The molecule has 2 N–H and O–H groups in total. The highest BCUT2D eigenvalue weighted by molar-refractivity contribution is 9.09. The van der Waals surface area contributed by atoms with Crippen LogP contribution in [0.4, 0.5) is 5.69 Å². The molecule has 0 heterocycles. The Hall–Kier alpha value is -1.03. The number of amides is 1. The number of aromatic hydroxyl groups is 1. The van der Waals surface area contributed by atoms with E-state index >= 15 is 0 Å². The first kappa shape index (κ1) is 12.0. The van der Waals surface area contributed by atoms with Gasteiger partial charge in [0, 0.05) is 23.5 Å². The van der Waals surface area contributed by atoms with Crippen molar-refractivity contribution in [3.8, 4) is 5.75 Å². The summed E-state index contributed by atoms with van der Waals surface area (Å²) in [4.78, 5) is 11.4. The maximum Gasteiger partial charge on any atom is 0.224 e. The summed E-state index contributed by atoms with van der Waals surface area (Å²) >= 11 is 3.31. The maximum absolute atomic E-state index is 11.4. The first-order valence-electron chi connectivity index (χ1n) is 4.87. The van der Waals surface area contributed by atoms with E-state index in [0.717, 1.165) is 18.2 Å². The normalized spacial score (nSPS) is 9.93. The lowest BCUT2D eigenvalue weighted by Gasteiger charge is -2.04. The molecule has 15 heavy (non-hydrogen) atoms. The molecule has 1 amide bonds. The summed E-state index contributed by atoms with van der Waals surface area (Å²) in [5, 5.41) is 12.8. The fourth-order valence-electron chi connectivity index (χ4n) is 1.19. The predicted molar refractivity (Wildman–Crippen MR) is 64.4 cm³/mol. The number of hydrogen-bond donors (Lipinski definition) is 2. The molecule has 0 aromatic heterocycles. The molecule has 1 aromatic carbocycles. The summed E-state index contributed by atoms with van der Waals surface area (Å²) in [6.07, 6.45) is 2.38. The van der Waals surface area contributed by atoms with Crippen LogP contribution in [0.15, 0.2) is 24.3 Å². The van der Waals surface area contributed by atoms with Gasteiger partial charge in [0.05, 0.1) is 0 Å². The van der Waals surface area contributed by atoms with Gasteiger partial charge in [0.15, 0.2) is 0 Å². The van der Waals surface area contributed by atoms with E-state index in [9.17, 15) is 9.90 Å². The molecule has 82 valence electrons. The Morgan fingerprint density at radius 3 is 2.87 bits per heavy atom. The molecule has 0 unspecified atom stereocenters. The highest BCUT2D eigenvalue weighted by Gasteiger charge is 2.01. The minimum absolute atomic E-state index is 0.0125. The van der Waals surface area contributed by atoms with Crippen LogP contribution in [-0.2, 0) is 4.79 Å². The van der Waals surface area contributed by atoms with E-state index in [2.05, 4.69) is 21.2 Å². The fourth-order valence-corrected chi connectivity index (χ4v) is 1.58. The van der Waals surface area contributed by atoms with E-state index in [1.807, 2.05) is 0 Å². The van der Waals surface area contributed by atoms with Gasteiger partial charge in [-0.2, -0.15) is 0 Å². The Kier molecular flexibility index (Phi) is 5.18. The van der Waals surface area contributed by atoms with Crippen LogP contribution in [0.25, 0.3) is 0 Å². The fraction of sp³-hybridized carbons (Fsp3) is 0.364. The zero-order valence-electron chi connectivity index (χ0n) is 8.37. The van der Waals surface area contributed by atoms with Gasteiger partial charge in [-0.25, -0.2) is 0 Å². The number of hydrogen-bond acceptors (Lipinski definition) is 2. The number of nitrogens with one attached hydrogen (secondary N) is 1. The number of phenolic OH excluding ortho intramolecular Hbond substituents is 1. The number of unbranched alkanes of at least 4 members (excludes halogenated alkanes) is 1. The number of alkyl halides is 1. The van der Waals surface area contributed by atoms with E-state index < -0.39 is 0 Å². The zero-order chi connectivity index (χ0) is 11.1. The summed E-state index contributed by atoms with van der Waals surface area (Å²) < 4.78 is 0. The monoisotopic (exact) mass is 271 g/mol. The third kappa shape index (κ3) is 4.83. The molecule has 0 aliphatic rings. The molecule has 0 saturated carbocycles. The number of halogens is 1. The van der Waals surface area contributed by atoms with Crippen molar-refractivity contribution in [3.63, 3.8) is 0 Å². The van der Waals surface area contributed by atoms with Gasteiger partial charge in [0.2, 0.25) is 5.91 Å². The van der Waals surface area contributed by atoms with E-state index in [4.69, 9.17) is 0 Å². The Morgan fingerprint density at radius 2 is 2.20 bits per heavy atom. The van der Waals surface area contributed by atoms with Gasteiger partial charge in [-0.05, 0) is 25.0 Å². The molecule has 0 aliphatic heterocycles. The number of phenols is 1. The summed E-state index contributed by atoms with van der Waals surface area (Å²) in [6, 6.07) is 6.55. The van der Waals surface area contributed by atoms with Crippen LogP contribution in [0.1, 0.15) is 19.3 Å². The molecule has 1 rings (SSSR count). The summed E-state index contributed by atoms with van der Waals surface area (Å²) in [7, 11) is 0. The minimum atomic E-state index is -0.0125. The third-order valence-electron chi connectivity index (χ3n) is 1.92. The van der Waals surface area contributed by atoms with Gasteiger partial charge in [0.1, 0.15) is 5.75 Å². The molecular weight excluding hydrogens is 258 g/mol. The average Bonchev–Trinajstić information content (AvgIpc) is 2.18. The van der Waals surface area contributed by atoms with Crippen molar-refractivity contribution in [1.82, 2.24) is 0 Å². The molecular formula is C11H14BrNO2. The third-order valence-corrected chi connectivity index (χ3v) is 2.48. The van der Waals surface area contributed by atoms with Crippen molar-refractivity contribution < 1.29 is 9.90 Å². The highest BCUT2D eigenvalue weighted by Crippen LogP contribution is 2.15. The lowest BCUT2D eigenvalue weighted by atomic mass is 10.2. The van der Waals surface area contributed by atoms with Crippen molar-refractivity contribution in [2.24, 2.45) is 0 Å². The Morgan fingerprint density at radius 1 is 1.40 bits per heavy atom. The smallest absolute Gasteiger partial charge is 0.224 e. The highest BCUT2D eigenvalue weighted by atomic mass is 79.9. The molecule has 0 fully saturated rings. The maximum atomic E-state index is 11.4. The summed E-state index contributed by atoms with van der Waals surface area (Å²) in [6.45, 7) is 0. The second-order valence-corrected chi connectivity index (χ2v) is 4.04. The van der Waals surface area contributed by atoms with E-state index in [1.54, 1.807) is 18.2 Å². The van der Waals surface area contributed by atoms with E-state index in [-0.39, 0.29) is 11.7 Å². The summed E-state index contributed by atoms with van der Waals surface area (Å²) in [5.74, 6) is 0.148. The lowest BCUT2D eigenvalue weighted by molar-refractivity contribution is -0.116. The summed E-state index contributed by atoms with van der Waals surface area (Å²) in [5.41, 5.74) is 0.638. The van der Waals surface area contributed by atoms with Crippen molar-refractivity contribution in [2.75, 3.05) is 10.6 Å². The number of carbonyl (C=O) groups is 1. The quantitative estimate of drug-likeness (QED) is 0.639. The van der Waals surface area contributed by atoms with Gasteiger partial charge < -0.3 is 10.4 Å². The van der Waals surface area contributed by atoms with Gasteiger partial charge >= 0.3 is 0 Å².